The predicted octanol–water partition coefficient (Wildman–Crippen LogP) is 0.639. The van der Waals surface area contributed by atoms with E-state index in [1.54, 1.807) is 11.7 Å². The number of hydrogen-bond donors (Lipinski definition) is 1. The Morgan fingerprint density at radius 2 is 2.25 bits per heavy atom. The van der Waals surface area contributed by atoms with E-state index in [2.05, 4.69) is 20.8 Å². The molecule has 0 fully saturated rings. The molecule has 1 rings (SSSR count). The second kappa shape index (κ2) is 3.26. The Labute approximate surface area is 76.1 Å². The first kappa shape index (κ1) is 9.25. The van der Waals surface area contributed by atoms with Crippen LogP contribution in [0.25, 0.3) is 0 Å². The van der Waals surface area contributed by atoms with E-state index in [4.69, 9.17) is 11.6 Å². The highest BCUT2D eigenvalue weighted by molar-refractivity contribution is 6.18. The summed E-state index contributed by atoms with van der Waals surface area (Å²) in [6, 6.07) is 0. The normalized spacial score (nSPS) is 11.7. The summed E-state index contributed by atoms with van der Waals surface area (Å²) in [5.74, 6) is 1.13. The lowest BCUT2D eigenvalue weighted by Crippen LogP contribution is -2.34. The summed E-state index contributed by atoms with van der Waals surface area (Å²) < 4.78 is 1.56. The maximum absolute atomic E-state index is 5.72. The van der Waals surface area contributed by atoms with Crippen LogP contribution in [0.5, 0.6) is 0 Å². The fourth-order valence-electron chi connectivity index (χ4n) is 0.671. The smallest absolute Gasteiger partial charge is 0.243 e. The summed E-state index contributed by atoms with van der Waals surface area (Å²) in [5, 5.41) is 14.1. The molecular formula is C6H12ClN5. The molecule has 0 radical (unpaired) electrons. The standard InChI is InChI=1S/C6H12ClN5/c1-6(2,4-7)8-5-9-10-11-12(5)3/h4H2,1-3H3,(H,8,9,11). The number of anilines is 1. The molecule has 1 N–H and O–H groups in total. The average Bonchev–Trinajstić information content (AvgIpc) is 2.36. The van der Waals surface area contributed by atoms with Crippen LogP contribution in [0.2, 0.25) is 0 Å². The Kier molecular flexibility index (Phi) is 2.52. The summed E-state index contributed by atoms with van der Waals surface area (Å²) >= 11 is 5.72. The Hall–Kier alpha value is -0.840. The monoisotopic (exact) mass is 189 g/mol. The molecule has 5 nitrogen and oxygen atoms in total. The largest absolute Gasteiger partial charge is 0.347 e. The minimum Gasteiger partial charge on any atom is -0.347 e. The Morgan fingerprint density at radius 3 is 2.67 bits per heavy atom. The number of rotatable bonds is 3. The molecule has 0 aliphatic heterocycles. The zero-order valence-corrected chi connectivity index (χ0v) is 8.13. The van der Waals surface area contributed by atoms with Crippen LogP contribution in [0.4, 0.5) is 5.95 Å². The third-order valence-corrected chi connectivity index (χ3v) is 2.07. The Balaban J connectivity index is 2.70. The molecule has 1 aromatic rings. The lowest BCUT2D eigenvalue weighted by molar-refractivity contribution is 0.618. The SMILES string of the molecule is Cn1nnnc1NC(C)(C)CCl. The van der Waals surface area contributed by atoms with Gasteiger partial charge in [0, 0.05) is 18.5 Å². The molecule has 0 aliphatic carbocycles. The van der Waals surface area contributed by atoms with Crippen molar-refractivity contribution in [2.45, 2.75) is 19.4 Å². The van der Waals surface area contributed by atoms with Gasteiger partial charge in [0.1, 0.15) is 0 Å². The quantitative estimate of drug-likeness (QED) is 0.710. The first-order chi connectivity index (χ1) is 5.55. The van der Waals surface area contributed by atoms with Gasteiger partial charge in [-0.25, -0.2) is 4.68 Å². The van der Waals surface area contributed by atoms with E-state index in [9.17, 15) is 0 Å². The van der Waals surface area contributed by atoms with Crippen LogP contribution < -0.4 is 5.32 Å². The molecule has 12 heavy (non-hydrogen) atoms. The first-order valence-electron chi connectivity index (χ1n) is 3.62. The van der Waals surface area contributed by atoms with E-state index in [-0.39, 0.29) is 5.54 Å². The van der Waals surface area contributed by atoms with Crippen LogP contribution >= 0.6 is 11.6 Å². The minimum atomic E-state index is -0.190. The number of hydrogen-bond acceptors (Lipinski definition) is 4. The predicted molar refractivity (Wildman–Crippen MR) is 47.2 cm³/mol. The van der Waals surface area contributed by atoms with Crippen molar-refractivity contribution < 1.29 is 0 Å². The van der Waals surface area contributed by atoms with Gasteiger partial charge in [0.2, 0.25) is 5.95 Å². The maximum Gasteiger partial charge on any atom is 0.243 e. The Bertz CT molecular complexity index is 256. The maximum atomic E-state index is 5.72. The lowest BCUT2D eigenvalue weighted by atomic mass is 10.1. The molecule has 0 saturated heterocycles. The topological polar surface area (TPSA) is 55.6 Å². The molecule has 0 unspecified atom stereocenters. The number of aryl methyl sites for hydroxylation is 1. The average molecular weight is 190 g/mol. The highest BCUT2D eigenvalue weighted by Gasteiger charge is 2.18. The molecule has 68 valence electrons. The summed E-state index contributed by atoms with van der Waals surface area (Å²) in [6.07, 6.45) is 0. The van der Waals surface area contributed by atoms with Gasteiger partial charge in [-0.15, -0.1) is 11.6 Å². The van der Waals surface area contributed by atoms with Crippen LogP contribution in [0, 0.1) is 0 Å². The summed E-state index contributed by atoms with van der Waals surface area (Å²) in [7, 11) is 1.77. The van der Waals surface area contributed by atoms with Gasteiger partial charge in [-0.2, -0.15) is 0 Å². The summed E-state index contributed by atoms with van der Waals surface area (Å²) in [5.41, 5.74) is -0.190. The molecule has 0 spiro atoms. The van der Waals surface area contributed by atoms with Crippen molar-refractivity contribution in [3.63, 3.8) is 0 Å². The molecule has 0 amide bonds. The molecule has 0 bridgehead atoms. The number of halogens is 1. The fourth-order valence-corrected chi connectivity index (χ4v) is 0.738. The van der Waals surface area contributed by atoms with E-state index in [0.29, 0.717) is 11.8 Å². The van der Waals surface area contributed by atoms with Crippen molar-refractivity contribution in [3.8, 4) is 0 Å². The van der Waals surface area contributed by atoms with Crippen LogP contribution in [0.3, 0.4) is 0 Å². The van der Waals surface area contributed by atoms with Crippen LogP contribution in [0.1, 0.15) is 13.8 Å². The molecule has 1 heterocycles. The third-order valence-electron chi connectivity index (χ3n) is 1.40. The molecular weight excluding hydrogens is 178 g/mol. The zero-order chi connectivity index (χ0) is 9.19. The summed E-state index contributed by atoms with van der Waals surface area (Å²) in [4.78, 5) is 0. The molecule has 0 saturated carbocycles. The molecule has 0 aliphatic rings. The van der Waals surface area contributed by atoms with Gasteiger partial charge >= 0.3 is 0 Å². The van der Waals surface area contributed by atoms with Gasteiger partial charge < -0.3 is 5.32 Å². The van der Waals surface area contributed by atoms with Crippen LogP contribution in [0.15, 0.2) is 0 Å². The van der Waals surface area contributed by atoms with Crippen molar-refractivity contribution in [1.82, 2.24) is 20.2 Å². The molecule has 0 aromatic carbocycles. The van der Waals surface area contributed by atoms with Crippen molar-refractivity contribution >= 4 is 17.5 Å². The van der Waals surface area contributed by atoms with Gasteiger partial charge in [-0.1, -0.05) is 5.10 Å². The second-order valence-corrected chi connectivity index (χ2v) is 3.54. The minimum absolute atomic E-state index is 0.190. The molecule has 0 atom stereocenters. The van der Waals surface area contributed by atoms with Gasteiger partial charge in [-0.05, 0) is 24.3 Å². The van der Waals surface area contributed by atoms with E-state index in [0.717, 1.165) is 0 Å². The number of tetrazole rings is 1. The van der Waals surface area contributed by atoms with Gasteiger partial charge in [0.05, 0.1) is 0 Å². The van der Waals surface area contributed by atoms with E-state index in [1.807, 2.05) is 13.8 Å². The van der Waals surface area contributed by atoms with Gasteiger partial charge in [0.15, 0.2) is 0 Å². The first-order valence-corrected chi connectivity index (χ1v) is 4.15. The van der Waals surface area contributed by atoms with Crippen molar-refractivity contribution in [2.24, 2.45) is 7.05 Å². The van der Waals surface area contributed by atoms with Gasteiger partial charge in [-0.3, -0.25) is 0 Å². The third kappa shape index (κ3) is 2.07. The van der Waals surface area contributed by atoms with Crippen LogP contribution in [-0.4, -0.2) is 31.6 Å². The number of alkyl halides is 1. The fraction of sp³-hybridized carbons (Fsp3) is 0.833. The molecule has 6 heteroatoms. The van der Waals surface area contributed by atoms with Gasteiger partial charge in [0.25, 0.3) is 0 Å². The molecule has 1 aromatic heterocycles. The Morgan fingerprint density at radius 1 is 1.58 bits per heavy atom. The van der Waals surface area contributed by atoms with Crippen molar-refractivity contribution in [2.75, 3.05) is 11.2 Å². The second-order valence-electron chi connectivity index (χ2n) is 3.27. The highest BCUT2D eigenvalue weighted by Crippen LogP contribution is 2.11. The van der Waals surface area contributed by atoms with E-state index < -0.39 is 0 Å². The number of nitrogens with one attached hydrogen (secondary N) is 1. The zero-order valence-electron chi connectivity index (χ0n) is 7.37. The van der Waals surface area contributed by atoms with Crippen molar-refractivity contribution in [1.29, 1.82) is 0 Å². The van der Waals surface area contributed by atoms with E-state index in [1.165, 1.54) is 0 Å². The van der Waals surface area contributed by atoms with Crippen LogP contribution in [-0.2, 0) is 7.05 Å². The number of aromatic nitrogens is 4. The number of nitrogens with zero attached hydrogens (tertiary/aromatic N) is 4. The van der Waals surface area contributed by atoms with Crippen molar-refractivity contribution in [3.05, 3.63) is 0 Å². The highest BCUT2D eigenvalue weighted by atomic mass is 35.5. The summed E-state index contributed by atoms with van der Waals surface area (Å²) in [6.45, 7) is 3.96. The van der Waals surface area contributed by atoms with E-state index >= 15 is 0 Å². The lowest BCUT2D eigenvalue weighted by Gasteiger charge is -2.22.